The highest BCUT2D eigenvalue weighted by molar-refractivity contribution is 5.69. The molecule has 5 nitrogen and oxygen atoms in total. The number of H-pyrrole nitrogens is 1. The first-order chi connectivity index (χ1) is 7.40. The molecule has 5 heteroatoms. The first-order valence-corrected chi connectivity index (χ1v) is 5.23. The summed E-state index contributed by atoms with van der Waals surface area (Å²) < 4.78 is 0. The third-order valence-electron chi connectivity index (χ3n) is 2.30. The summed E-state index contributed by atoms with van der Waals surface area (Å²) >= 11 is 0. The van der Waals surface area contributed by atoms with Gasteiger partial charge in [-0.1, -0.05) is 20.8 Å². The summed E-state index contributed by atoms with van der Waals surface area (Å²) in [7, 11) is 0. The number of nitrogens with zero attached hydrogens (tertiary/aromatic N) is 1. The standard InChI is InChI=1S/C11H16N2O3/c1-6(2)10-12-8(5-9(14)13-10)4-7(3)11(15)16/h5-7H,4H2,1-3H3,(H,15,16)(H,12,13,14). The summed E-state index contributed by atoms with van der Waals surface area (Å²) in [5.41, 5.74) is 0.300. The second-order valence-corrected chi connectivity index (χ2v) is 4.22. The molecule has 0 saturated heterocycles. The molecule has 0 aliphatic carbocycles. The van der Waals surface area contributed by atoms with Crippen molar-refractivity contribution in [3.63, 3.8) is 0 Å². The molecule has 0 aromatic carbocycles. The van der Waals surface area contributed by atoms with Crippen molar-refractivity contribution in [2.75, 3.05) is 0 Å². The van der Waals surface area contributed by atoms with E-state index in [1.165, 1.54) is 6.07 Å². The van der Waals surface area contributed by atoms with Crippen molar-refractivity contribution in [2.24, 2.45) is 5.92 Å². The third kappa shape index (κ3) is 3.18. The largest absolute Gasteiger partial charge is 0.481 e. The molecule has 0 bridgehead atoms. The number of nitrogens with one attached hydrogen (secondary N) is 1. The number of aromatic amines is 1. The molecule has 1 aromatic heterocycles. The quantitative estimate of drug-likeness (QED) is 0.803. The Labute approximate surface area is 93.5 Å². The van der Waals surface area contributed by atoms with Gasteiger partial charge in [-0.15, -0.1) is 0 Å². The molecule has 1 atom stereocenters. The Kier molecular flexibility index (Phi) is 3.82. The van der Waals surface area contributed by atoms with Crippen LogP contribution in [-0.4, -0.2) is 21.0 Å². The van der Waals surface area contributed by atoms with Gasteiger partial charge in [0.05, 0.1) is 5.92 Å². The summed E-state index contributed by atoms with van der Waals surface area (Å²) in [6, 6.07) is 1.35. The van der Waals surface area contributed by atoms with Crippen molar-refractivity contribution in [1.29, 1.82) is 0 Å². The Morgan fingerprint density at radius 2 is 2.12 bits per heavy atom. The topological polar surface area (TPSA) is 83.0 Å². The van der Waals surface area contributed by atoms with E-state index in [9.17, 15) is 9.59 Å². The molecule has 1 unspecified atom stereocenters. The number of aliphatic carboxylic acids is 1. The second kappa shape index (κ2) is 4.92. The fraction of sp³-hybridized carbons (Fsp3) is 0.545. The molecule has 0 aliphatic heterocycles. The summed E-state index contributed by atoms with van der Waals surface area (Å²) in [5, 5.41) is 8.78. The molecule has 0 aliphatic rings. The van der Waals surface area contributed by atoms with Crippen molar-refractivity contribution in [3.05, 3.63) is 27.9 Å². The molecule has 1 rings (SSSR count). The van der Waals surface area contributed by atoms with Crippen molar-refractivity contribution in [3.8, 4) is 0 Å². The number of carbonyl (C=O) groups is 1. The minimum Gasteiger partial charge on any atom is -0.481 e. The third-order valence-corrected chi connectivity index (χ3v) is 2.30. The van der Waals surface area contributed by atoms with Gasteiger partial charge in [0.1, 0.15) is 5.82 Å². The Bertz CT molecular complexity index is 437. The van der Waals surface area contributed by atoms with Crippen molar-refractivity contribution < 1.29 is 9.90 Å². The number of rotatable bonds is 4. The van der Waals surface area contributed by atoms with Crippen LogP contribution in [0.5, 0.6) is 0 Å². The fourth-order valence-electron chi connectivity index (χ4n) is 1.31. The zero-order valence-corrected chi connectivity index (χ0v) is 9.65. The van der Waals surface area contributed by atoms with E-state index in [0.29, 0.717) is 11.5 Å². The SMILES string of the molecule is CC(Cc1cc(=O)[nH]c(C(C)C)n1)C(=O)O. The van der Waals surface area contributed by atoms with E-state index in [-0.39, 0.29) is 17.9 Å². The lowest BCUT2D eigenvalue weighted by Crippen LogP contribution is -2.18. The van der Waals surface area contributed by atoms with E-state index < -0.39 is 11.9 Å². The monoisotopic (exact) mass is 224 g/mol. The molecule has 0 spiro atoms. The molecule has 2 N–H and O–H groups in total. The maximum atomic E-state index is 11.3. The van der Waals surface area contributed by atoms with E-state index in [2.05, 4.69) is 9.97 Å². The van der Waals surface area contributed by atoms with E-state index in [1.54, 1.807) is 6.92 Å². The van der Waals surface area contributed by atoms with Gasteiger partial charge in [0.15, 0.2) is 0 Å². The molecule has 88 valence electrons. The molecule has 16 heavy (non-hydrogen) atoms. The normalized spacial score (nSPS) is 12.8. The molecule has 1 heterocycles. The van der Waals surface area contributed by atoms with Crippen LogP contribution in [0.15, 0.2) is 10.9 Å². The minimum atomic E-state index is -0.881. The first kappa shape index (κ1) is 12.4. The van der Waals surface area contributed by atoms with Crippen LogP contribution in [0.25, 0.3) is 0 Å². The van der Waals surface area contributed by atoms with Gasteiger partial charge in [0.2, 0.25) is 0 Å². The predicted molar refractivity (Wildman–Crippen MR) is 59.5 cm³/mol. The maximum Gasteiger partial charge on any atom is 0.306 e. The van der Waals surface area contributed by atoms with Crippen molar-refractivity contribution in [2.45, 2.75) is 33.1 Å². The van der Waals surface area contributed by atoms with Gasteiger partial charge in [-0.05, 0) is 0 Å². The van der Waals surface area contributed by atoms with Crippen LogP contribution in [0.4, 0.5) is 0 Å². The maximum absolute atomic E-state index is 11.3. The average molecular weight is 224 g/mol. The van der Waals surface area contributed by atoms with Gasteiger partial charge in [-0.2, -0.15) is 0 Å². The van der Waals surface area contributed by atoms with Gasteiger partial charge in [0.25, 0.3) is 5.56 Å². The van der Waals surface area contributed by atoms with Gasteiger partial charge in [-0.3, -0.25) is 9.59 Å². The van der Waals surface area contributed by atoms with Crippen LogP contribution < -0.4 is 5.56 Å². The predicted octanol–water partition coefficient (Wildman–Crippen LogP) is 1.16. The lowest BCUT2D eigenvalue weighted by Gasteiger charge is -2.08. The van der Waals surface area contributed by atoms with Crippen LogP contribution in [0.3, 0.4) is 0 Å². The van der Waals surface area contributed by atoms with Gasteiger partial charge in [0, 0.05) is 24.1 Å². The Morgan fingerprint density at radius 3 is 2.62 bits per heavy atom. The zero-order valence-electron chi connectivity index (χ0n) is 9.65. The van der Waals surface area contributed by atoms with E-state index in [4.69, 9.17) is 5.11 Å². The van der Waals surface area contributed by atoms with Crippen LogP contribution >= 0.6 is 0 Å². The highest BCUT2D eigenvalue weighted by atomic mass is 16.4. The summed E-state index contributed by atoms with van der Waals surface area (Å²) in [6.07, 6.45) is 0.277. The van der Waals surface area contributed by atoms with Crippen molar-refractivity contribution >= 4 is 5.97 Å². The molecular weight excluding hydrogens is 208 g/mol. The summed E-state index contributed by atoms with van der Waals surface area (Å²) in [4.78, 5) is 28.9. The summed E-state index contributed by atoms with van der Waals surface area (Å²) in [5.74, 6) is -0.699. The number of carboxylic acids is 1. The van der Waals surface area contributed by atoms with Crippen molar-refractivity contribution in [1.82, 2.24) is 9.97 Å². The molecule has 0 saturated carbocycles. The van der Waals surface area contributed by atoms with Crippen LogP contribution in [0.2, 0.25) is 0 Å². The van der Waals surface area contributed by atoms with E-state index in [0.717, 1.165) is 0 Å². The Balaban J connectivity index is 2.97. The lowest BCUT2D eigenvalue weighted by atomic mass is 10.1. The molecule has 1 aromatic rings. The lowest BCUT2D eigenvalue weighted by molar-refractivity contribution is -0.141. The fourth-order valence-corrected chi connectivity index (χ4v) is 1.31. The molecule has 0 amide bonds. The highest BCUT2D eigenvalue weighted by Crippen LogP contribution is 2.09. The smallest absolute Gasteiger partial charge is 0.306 e. The number of carboxylic acid groups (broad SMARTS) is 1. The zero-order chi connectivity index (χ0) is 12.3. The Hall–Kier alpha value is -1.65. The first-order valence-electron chi connectivity index (χ1n) is 5.23. The second-order valence-electron chi connectivity index (χ2n) is 4.22. The molecule has 0 radical (unpaired) electrons. The molecular formula is C11H16N2O3. The molecule has 0 fully saturated rings. The highest BCUT2D eigenvalue weighted by Gasteiger charge is 2.14. The van der Waals surface area contributed by atoms with Crippen LogP contribution in [0, 0.1) is 5.92 Å². The van der Waals surface area contributed by atoms with E-state index in [1.807, 2.05) is 13.8 Å². The van der Waals surface area contributed by atoms with Gasteiger partial charge >= 0.3 is 5.97 Å². The van der Waals surface area contributed by atoms with Crippen LogP contribution in [0.1, 0.15) is 38.2 Å². The number of hydrogen-bond acceptors (Lipinski definition) is 3. The van der Waals surface area contributed by atoms with Crippen LogP contribution in [-0.2, 0) is 11.2 Å². The number of aromatic nitrogens is 2. The Morgan fingerprint density at radius 1 is 1.50 bits per heavy atom. The number of hydrogen-bond donors (Lipinski definition) is 2. The minimum absolute atomic E-state index is 0.118. The van der Waals surface area contributed by atoms with E-state index >= 15 is 0 Å². The average Bonchev–Trinajstić information content (AvgIpc) is 2.16. The van der Waals surface area contributed by atoms with Gasteiger partial charge in [-0.25, -0.2) is 4.98 Å². The van der Waals surface area contributed by atoms with Gasteiger partial charge < -0.3 is 10.1 Å². The summed E-state index contributed by atoms with van der Waals surface area (Å²) in [6.45, 7) is 5.44.